The molecule has 1 amide bonds. The number of rotatable bonds is 7. The van der Waals surface area contributed by atoms with Crippen molar-refractivity contribution in [2.24, 2.45) is 11.7 Å². The van der Waals surface area contributed by atoms with E-state index in [-0.39, 0.29) is 42.0 Å². The maximum atomic E-state index is 12.9. The van der Waals surface area contributed by atoms with Gasteiger partial charge in [0.05, 0.1) is 6.04 Å². The van der Waals surface area contributed by atoms with E-state index in [1.54, 1.807) is 32.6 Å². The lowest BCUT2D eigenvalue weighted by Crippen LogP contribution is -2.50. The van der Waals surface area contributed by atoms with Gasteiger partial charge < -0.3 is 15.7 Å². The minimum Gasteiger partial charge on any atom is -0.380 e. The number of nitrogens with zero attached hydrogens (tertiary/aromatic N) is 1. The molecule has 3 N–H and O–H groups in total. The number of piperidine rings is 1. The number of amides is 1. The maximum Gasteiger partial charge on any atom is 0.254 e. The highest BCUT2D eigenvalue weighted by Crippen LogP contribution is 2.30. The Morgan fingerprint density at radius 2 is 1.63 bits per heavy atom. The number of carbonyl (C=O) groups is 4. The van der Waals surface area contributed by atoms with Crippen LogP contribution in [0.1, 0.15) is 66.7 Å². The number of likely N-dealkylation sites (tertiary alicyclic amines) is 1. The molecule has 0 bridgehead atoms. The highest BCUT2D eigenvalue weighted by Gasteiger charge is 2.37. The van der Waals surface area contributed by atoms with Crippen molar-refractivity contribution in [3.8, 4) is 0 Å². The lowest BCUT2D eigenvalue weighted by atomic mass is 9.82. The van der Waals surface area contributed by atoms with Crippen LogP contribution in [0.3, 0.4) is 0 Å². The van der Waals surface area contributed by atoms with Gasteiger partial charge >= 0.3 is 0 Å². The van der Waals surface area contributed by atoms with Gasteiger partial charge in [-0.25, -0.2) is 0 Å². The van der Waals surface area contributed by atoms with Crippen molar-refractivity contribution in [3.63, 3.8) is 0 Å². The molecule has 0 radical (unpaired) electrons. The van der Waals surface area contributed by atoms with Crippen molar-refractivity contribution in [1.82, 2.24) is 4.90 Å². The number of ketones is 3. The third kappa shape index (κ3) is 5.13. The molecule has 1 heterocycles. The van der Waals surface area contributed by atoms with E-state index in [0.29, 0.717) is 54.6 Å². The second-order valence-electron chi connectivity index (χ2n) is 8.98. The first-order valence-corrected chi connectivity index (χ1v) is 10.6. The van der Waals surface area contributed by atoms with E-state index >= 15 is 0 Å². The lowest BCUT2D eigenvalue weighted by Gasteiger charge is -2.36. The van der Waals surface area contributed by atoms with Crippen molar-refractivity contribution < 1.29 is 24.3 Å². The van der Waals surface area contributed by atoms with E-state index < -0.39 is 11.6 Å². The number of aliphatic hydroxyl groups is 1. The summed E-state index contributed by atoms with van der Waals surface area (Å²) < 4.78 is 0. The second-order valence-corrected chi connectivity index (χ2v) is 8.98. The van der Waals surface area contributed by atoms with Crippen LogP contribution in [-0.2, 0) is 19.2 Å². The Bertz CT molecular complexity index is 811. The SMILES string of the molecule is CC1=C(C)C(=O)C(CC[C@](C)(O)C(=O)N2CCC(CC(=O)[C@H](C)N)CC2)=C(C)C1=O. The van der Waals surface area contributed by atoms with E-state index in [1.165, 1.54) is 6.92 Å². The molecule has 2 aliphatic rings. The van der Waals surface area contributed by atoms with Gasteiger partial charge in [-0.2, -0.15) is 0 Å². The zero-order valence-electron chi connectivity index (χ0n) is 18.7. The summed E-state index contributed by atoms with van der Waals surface area (Å²) in [5, 5.41) is 10.8. The first-order chi connectivity index (χ1) is 13.9. The van der Waals surface area contributed by atoms with Crippen LogP contribution < -0.4 is 5.73 Å². The molecule has 0 saturated carbocycles. The molecule has 0 unspecified atom stereocenters. The summed E-state index contributed by atoms with van der Waals surface area (Å²) in [6, 6.07) is -0.472. The van der Waals surface area contributed by atoms with Crippen LogP contribution in [0.15, 0.2) is 22.3 Å². The normalized spacial score (nSPS) is 21.8. The Morgan fingerprint density at radius 1 is 1.10 bits per heavy atom. The number of Topliss-reactive ketones (excluding diaryl/α,β-unsaturated/α-hetero) is 3. The van der Waals surface area contributed by atoms with E-state index in [1.807, 2.05) is 0 Å². The van der Waals surface area contributed by atoms with Crippen molar-refractivity contribution in [2.75, 3.05) is 13.1 Å². The quantitative estimate of drug-likeness (QED) is 0.610. The van der Waals surface area contributed by atoms with Gasteiger partial charge in [-0.15, -0.1) is 0 Å². The summed E-state index contributed by atoms with van der Waals surface area (Å²) in [4.78, 5) is 51.2. The monoisotopic (exact) mass is 418 g/mol. The van der Waals surface area contributed by atoms with Crippen LogP contribution in [0, 0.1) is 5.92 Å². The van der Waals surface area contributed by atoms with Crippen LogP contribution in [-0.4, -0.2) is 58.0 Å². The van der Waals surface area contributed by atoms with E-state index in [4.69, 9.17) is 5.73 Å². The predicted molar refractivity (Wildman–Crippen MR) is 114 cm³/mol. The summed E-state index contributed by atoms with van der Waals surface area (Å²) in [6.07, 6.45) is 2.04. The molecule has 2 atom stereocenters. The van der Waals surface area contributed by atoms with Crippen LogP contribution in [0.25, 0.3) is 0 Å². The van der Waals surface area contributed by atoms with Gasteiger partial charge in [-0.05, 0) is 66.2 Å². The zero-order chi connectivity index (χ0) is 22.8. The molecule has 0 aromatic heterocycles. The van der Waals surface area contributed by atoms with Gasteiger partial charge in [0.2, 0.25) is 0 Å². The number of nitrogens with two attached hydrogens (primary N) is 1. The number of carbonyl (C=O) groups excluding carboxylic acids is 4. The predicted octanol–water partition coefficient (Wildman–Crippen LogP) is 1.87. The molecule has 2 rings (SSSR count). The Hall–Kier alpha value is -2.12. The first-order valence-electron chi connectivity index (χ1n) is 10.6. The third-order valence-corrected chi connectivity index (χ3v) is 6.53. The minimum atomic E-state index is -1.63. The standard InChI is InChI=1S/C23H34N2O5/c1-13-14(2)21(28)18(15(3)20(13)27)6-9-23(5,30)22(29)25-10-7-17(8-11-25)12-19(26)16(4)24/h16-17,30H,6-12,24H2,1-5H3/t16-,23-/m0/s1. The fourth-order valence-electron chi connectivity index (χ4n) is 4.08. The molecule has 0 aromatic rings. The van der Waals surface area contributed by atoms with Gasteiger partial charge in [-0.3, -0.25) is 19.2 Å². The van der Waals surface area contributed by atoms with Gasteiger partial charge in [-0.1, -0.05) is 0 Å². The molecule has 1 aliphatic carbocycles. The summed E-state index contributed by atoms with van der Waals surface area (Å²) in [6.45, 7) is 8.99. The van der Waals surface area contributed by atoms with Gasteiger partial charge in [0.15, 0.2) is 11.6 Å². The molecule has 7 heteroatoms. The summed E-state index contributed by atoms with van der Waals surface area (Å²) in [5.41, 5.74) is 5.65. The molecular weight excluding hydrogens is 384 g/mol. The molecular formula is C23H34N2O5. The van der Waals surface area contributed by atoms with E-state index in [0.717, 1.165) is 0 Å². The Kier molecular flexibility index (Phi) is 7.53. The Labute approximate surface area is 178 Å². The summed E-state index contributed by atoms with van der Waals surface area (Å²) in [5.74, 6) is -0.490. The smallest absolute Gasteiger partial charge is 0.254 e. The molecule has 1 saturated heterocycles. The zero-order valence-corrected chi connectivity index (χ0v) is 18.7. The lowest BCUT2D eigenvalue weighted by molar-refractivity contribution is -0.151. The maximum absolute atomic E-state index is 12.9. The molecule has 0 aromatic carbocycles. The van der Waals surface area contributed by atoms with Crippen molar-refractivity contribution in [2.45, 2.75) is 78.4 Å². The average Bonchev–Trinajstić information content (AvgIpc) is 2.70. The van der Waals surface area contributed by atoms with Crippen LogP contribution in [0.4, 0.5) is 0 Å². The van der Waals surface area contributed by atoms with Crippen molar-refractivity contribution >= 4 is 23.3 Å². The summed E-state index contributed by atoms with van der Waals surface area (Å²) >= 11 is 0. The highest BCUT2D eigenvalue weighted by molar-refractivity contribution is 6.24. The van der Waals surface area contributed by atoms with Crippen LogP contribution in [0.5, 0.6) is 0 Å². The largest absolute Gasteiger partial charge is 0.380 e. The Balaban J connectivity index is 1.97. The highest BCUT2D eigenvalue weighted by atomic mass is 16.3. The van der Waals surface area contributed by atoms with E-state index in [9.17, 15) is 24.3 Å². The third-order valence-electron chi connectivity index (χ3n) is 6.53. The number of allylic oxidation sites excluding steroid dienone is 4. The van der Waals surface area contributed by atoms with E-state index in [2.05, 4.69) is 0 Å². The molecule has 1 aliphatic heterocycles. The Morgan fingerprint density at radius 3 is 2.17 bits per heavy atom. The second kappa shape index (κ2) is 9.35. The summed E-state index contributed by atoms with van der Waals surface area (Å²) in [7, 11) is 0. The fraction of sp³-hybridized carbons (Fsp3) is 0.652. The van der Waals surface area contributed by atoms with Gasteiger partial charge in [0.25, 0.3) is 5.91 Å². The first kappa shape index (κ1) is 24.2. The number of hydrogen-bond donors (Lipinski definition) is 2. The average molecular weight is 419 g/mol. The van der Waals surface area contributed by atoms with Crippen molar-refractivity contribution in [3.05, 3.63) is 22.3 Å². The fourth-order valence-corrected chi connectivity index (χ4v) is 4.08. The molecule has 0 spiro atoms. The molecule has 30 heavy (non-hydrogen) atoms. The van der Waals surface area contributed by atoms with Gasteiger partial charge in [0.1, 0.15) is 11.4 Å². The van der Waals surface area contributed by atoms with Crippen LogP contribution in [0.2, 0.25) is 0 Å². The molecule has 7 nitrogen and oxygen atoms in total. The molecule has 166 valence electrons. The van der Waals surface area contributed by atoms with Crippen LogP contribution >= 0.6 is 0 Å². The number of hydrogen-bond acceptors (Lipinski definition) is 6. The van der Waals surface area contributed by atoms with Gasteiger partial charge in [0, 0.05) is 41.8 Å². The van der Waals surface area contributed by atoms with Crippen molar-refractivity contribution in [1.29, 1.82) is 0 Å². The topological polar surface area (TPSA) is 118 Å². The molecule has 1 fully saturated rings. The minimum absolute atomic E-state index is 0.0293.